The summed E-state index contributed by atoms with van der Waals surface area (Å²) in [6.45, 7) is 3.09. The van der Waals surface area contributed by atoms with Gasteiger partial charge in [-0.05, 0) is 25.0 Å². The average molecular weight is 410 g/mol. The molecule has 2 heterocycles. The first-order valence-electron chi connectivity index (χ1n) is 9.56. The molecule has 1 aromatic carbocycles. The first kappa shape index (κ1) is 20.2. The van der Waals surface area contributed by atoms with Crippen LogP contribution in [-0.4, -0.2) is 47.2 Å². The Morgan fingerprint density at radius 3 is 2.85 bits per heavy atom. The number of imidazole rings is 1. The minimum absolute atomic E-state index is 0.0549. The maximum absolute atomic E-state index is 12.2. The molecule has 1 unspecified atom stereocenters. The highest BCUT2D eigenvalue weighted by atomic mass is 32.2. The zero-order valence-corrected chi connectivity index (χ0v) is 17.3. The predicted octanol–water partition coefficient (Wildman–Crippen LogP) is 3.01. The Balaban J connectivity index is 1.62. The molecule has 6 nitrogen and oxygen atoms in total. The van der Waals surface area contributed by atoms with Crippen molar-refractivity contribution in [2.24, 2.45) is 0 Å². The lowest BCUT2D eigenvalue weighted by atomic mass is 10.2. The fourth-order valence-electron chi connectivity index (χ4n) is 3.38. The fraction of sp³-hybridized carbons (Fsp3) is 0.579. The highest BCUT2D eigenvalue weighted by molar-refractivity contribution is 7.99. The Morgan fingerprint density at radius 1 is 1.30 bits per heavy atom. The lowest BCUT2D eigenvalue weighted by Crippen LogP contribution is -2.36. The molecule has 1 atom stereocenters. The van der Waals surface area contributed by atoms with Gasteiger partial charge in [0.25, 0.3) is 0 Å². The number of carbonyl (C=O) groups excluding carboxylic acids is 1. The van der Waals surface area contributed by atoms with Gasteiger partial charge in [-0.1, -0.05) is 50.1 Å². The second-order valence-corrected chi connectivity index (χ2v) is 10.2. The summed E-state index contributed by atoms with van der Waals surface area (Å²) in [6.07, 6.45) is 5.21. The maximum Gasteiger partial charge on any atom is 0.230 e. The summed E-state index contributed by atoms with van der Waals surface area (Å²) in [6, 6.07) is 7.78. The van der Waals surface area contributed by atoms with Crippen molar-refractivity contribution in [1.29, 1.82) is 0 Å². The van der Waals surface area contributed by atoms with Crippen molar-refractivity contribution in [2.75, 3.05) is 17.3 Å². The minimum Gasteiger partial charge on any atom is -0.352 e. The van der Waals surface area contributed by atoms with Crippen LogP contribution in [0.25, 0.3) is 11.0 Å². The van der Waals surface area contributed by atoms with E-state index in [1.165, 1.54) is 31.0 Å². The molecule has 0 bridgehead atoms. The third-order valence-electron chi connectivity index (χ3n) is 4.78. The number of nitrogens with one attached hydrogen (secondary N) is 1. The normalized spacial score (nSPS) is 18.8. The highest BCUT2D eigenvalue weighted by Crippen LogP contribution is 2.25. The minimum atomic E-state index is -2.99. The smallest absolute Gasteiger partial charge is 0.230 e. The van der Waals surface area contributed by atoms with E-state index < -0.39 is 9.84 Å². The van der Waals surface area contributed by atoms with Gasteiger partial charge in [-0.2, -0.15) is 0 Å². The van der Waals surface area contributed by atoms with Gasteiger partial charge < -0.3 is 9.88 Å². The number of aryl methyl sites for hydroxylation is 1. The van der Waals surface area contributed by atoms with E-state index >= 15 is 0 Å². The standard InChI is InChI=1S/C19H27N3O3S2/c1-2-3-4-7-11-22-17-9-6-5-8-16(17)21-19(22)26-13-18(23)20-15-10-12-27(24,25)14-15/h5-6,8-9,15H,2-4,7,10-14H2,1H3,(H,20,23). The van der Waals surface area contributed by atoms with Gasteiger partial charge in [-0.15, -0.1) is 0 Å². The molecular weight excluding hydrogens is 382 g/mol. The van der Waals surface area contributed by atoms with Crippen LogP contribution >= 0.6 is 11.8 Å². The van der Waals surface area contributed by atoms with E-state index in [2.05, 4.69) is 27.9 Å². The highest BCUT2D eigenvalue weighted by Gasteiger charge is 2.28. The molecule has 1 fully saturated rings. The van der Waals surface area contributed by atoms with Crippen molar-refractivity contribution in [3.63, 3.8) is 0 Å². The number of thioether (sulfide) groups is 1. The van der Waals surface area contributed by atoms with Crippen molar-refractivity contribution < 1.29 is 13.2 Å². The Kier molecular flexibility index (Phi) is 6.81. The van der Waals surface area contributed by atoms with Gasteiger partial charge in [0.05, 0.1) is 28.3 Å². The fourth-order valence-corrected chi connectivity index (χ4v) is 5.91. The van der Waals surface area contributed by atoms with Crippen molar-refractivity contribution in [3.8, 4) is 0 Å². The molecule has 1 aliphatic rings. The topological polar surface area (TPSA) is 81.1 Å². The molecule has 1 aromatic heterocycles. The number of hydrogen-bond donors (Lipinski definition) is 1. The molecule has 2 aromatic rings. The van der Waals surface area contributed by atoms with E-state index in [1.54, 1.807) is 0 Å². The van der Waals surface area contributed by atoms with Gasteiger partial charge in [0.15, 0.2) is 15.0 Å². The van der Waals surface area contributed by atoms with Crippen LogP contribution in [0.15, 0.2) is 29.4 Å². The zero-order chi connectivity index (χ0) is 19.3. The maximum atomic E-state index is 12.2. The summed E-state index contributed by atoms with van der Waals surface area (Å²) < 4.78 is 25.2. The van der Waals surface area contributed by atoms with Crippen molar-refractivity contribution in [1.82, 2.24) is 14.9 Å². The number of unbranched alkanes of at least 4 members (excludes halogenated alkanes) is 3. The number of sulfone groups is 1. The van der Waals surface area contributed by atoms with Gasteiger partial charge in [-0.3, -0.25) is 4.79 Å². The summed E-state index contributed by atoms with van der Waals surface area (Å²) in [5.41, 5.74) is 2.04. The molecule has 1 saturated heterocycles. The Hall–Kier alpha value is -1.54. The van der Waals surface area contributed by atoms with Crippen LogP contribution in [0, 0.1) is 0 Å². The first-order chi connectivity index (χ1) is 13.0. The Bertz CT molecular complexity index is 893. The second kappa shape index (κ2) is 9.10. The van der Waals surface area contributed by atoms with Gasteiger partial charge >= 0.3 is 0 Å². The molecule has 27 heavy (non-hydrogen) atoms. The van der Waals surface area contributed by atoms with E-state index in [9.17, 15) is 13.2 Å². The van der Waals surface area contributed by atoms with E-state index in [4.69, 9.17) is 0 Å². The SMILES string of the molecule is CCCCCCn1c(SCC(=O)NC2CCS(=O)(=O)C2)nc2ccccc21. The van der Waals surface area contributed by atoms with Crippen LogP contribution < -0.4 is 5.32 Å². The molecule has 0 aliphatic carbocycles. The van der Waals surface area contributed by atoms with Crippen molar-refractivity contribution >= 4 is 38.5 Å². The molecule has 0 saturated carbocycles. The molecule has 8 heteroatoms. The largest absolute Gasteiger partial charge is 0.352 e. The zero-order valence-electron chi connectivity index (χ0n) is 15.7. The van der Waals surface area contributed by atoms with Crippen LogP contribution in [0.3, 0.4) is 0 Å². The van der Waals surface area contributed by atoms with Crippen molar-refractivity contribution in [2.45, 2.75) is 56.8 Å². The van der Waals surface area contributed by atoms with E-state index in [0.29, 0.717) is 6.42 Å². The lowest BCUT2D eigenvalue weighted by molar-refractivity contribution is -0.119. The Morgan fingerprint density at radius 2 is 2.11 bits per heavy atom. The Labute approximate surface area is 165 Å². The third kappa shape index (κ3) is 5.48. The molecule has 1 amide bonds. The number of rotatable bonds is 9. The molecule has 3 rings (SSSR count). The lowest BCUT2D eigenvalue weighted by Gasteiger charge is -2.11. The second-order valence-electron chi connectivity index (χ2n) is 7.05. The van der Waals surface area contributed by atoms with Crippen LogP contribution in [-0.2, 0) is 21.2 Å². The average Bonchev–Trinajstić information content (AvgIpc) is 3.16. The van der Waals surface area contributed by atoms with Crippen LogP contribution in [0.1, 0.15) is 39.0 Å². The summed E-state index contributed by atoms with van der Waals surface area (Å²) in [4.78, 5) is 16.9. The number of hydrogen-bond acceptors (Lipinski definition) is 5. The number of fused-ring (bicyclic) bond motifs is 1. The number of para-hydroxylation sites is 2. The summed E-state index contributed by atoms with van der Waals surface area (Å²) in [7, 11) is -2.99. The van der Waals surface area contributed by atoms with Gasteiger partial charge in [0.1, 0.15) is 0 Å². The quantitative estimate of drug-likeness (QED) is 0.509. The van der Waals surface area contributed by atoms with E-state index in [1.807, 2.05) is 18.2 Å². The number of benzene rings is 1. The van der Waals surface area contributed by atoms with Crippen LogP contribution in [0.4, 0.5) is 0 Å². The van der Waals surface area contributed by atoms with Crippen LogP contribution in [0.2, 0.25) is 0 Å². The molecule has 1 N–H and O–H groups in total. The van der Waals surface area contributed by atoms with Crippen molar-refractivity contribution in [3.05, 3.63) is 24.3 Å². The molecule has 148 valence electrons. The first-order valence-corrected chi connectivity index (χ1v) is 12.4. The number of amides is 1. The predicted molar refractivity (Wildman–Crippen MR) is 110 cm³/mol. The van der Waals surface area contributed by atoms with Gasteiger partial charge in [0, 0.05) is 12.6 Å². The van der Waals surface area contributed by atoms with E-state index in [0.717, 1.165) is 29.2 Å². The summed E-state index contributed by atoms with van der Waals surface area (Å²) in [5.74, 6) is 0.332. The van der Waals surface area contributed by atoms with Crippen LogP contribution in [0.5, 0.6) is 0 Å². The molecular formula is C19H27N3O3S2. The summed E-state index contributed by atoms with van der Waals surface area (Å²) >= 11 is 1.42. The monoisotopic (exact) mass is 409 g/mol. The number of aromatic nitrogens is 2. The van der Waals surface area contributed by atoms with E-state index in [-0.39, 0.29) is 29.2 Å². The van der Waals surface area contributed by atoms with Gasteiger partial charge in [-0.25, -0.2) is 13.4 Å². The molecule has 0 radical (unpaired) electrons. The molecule has 0 spiro atoms. The third-order valence-corrected chi connectivity index (χ3v) is 7.53. The molecule has 1 aliphatic heterocycles. The number of nitrogens with zero attached hydrogens (tertiary/aromatic N) is 2. The summed E-state index contributed by atoms with van der Waals surface area (Å²) in [5, 5.41) is 3.69. The van der Waals surface area contributed by atoms with Gasteiger partial charge in [0.2, 0.25) is 5.91 Å². The number of carbonyl (C=O) groups is 1.